The van der Waals surface area contributed by atoms with Gasteiger partial charge in [0, 0.05) is 22.5 Å². The Balaban J connectivity index is 1.89. The van der Waals surface area contributed by atoms with Crippen LogP contribution in [0.5, 0.6) is 0 Å². The molecule has 0 spiro atoms. The third-order valence-electron chi connectivity index (χ3n) is 3.65. The van der Waals surface area contributed by atoms with Crippen LogP contribution in [0.4, 0.5) is 13.2 Å². The minimum absolute atomic E-state index is 0.00356. The molecule has 0 bridgehead atoms. The van der Waals surface area contributed by atoms with E-state index in [9.17, 15) is 22.8 Å². The number of fused-ring (bicyclic) bond motifs is 1. The van der Waals surface area contributed by atoms with Crippen LogP contribution in [0.25, 0.3) is 10.9 Å². The van der Waals surface area contributed by atoms with Crippen LogP contribution in [-0.4, -0.2) is 11.0 Å². The number of aromatic nitrogens is 1. The molecule has 0 radical (unpaired) electrons. The summed E-state index contributed by atoms with van der Waals surface area (Å²) in [6.07, 6.45) is -4.54. The summed E-state index contributed by atoms with van der Waals surface area (Å²) >= 11 is 0. The Morgan fingerprint density at radius 1 is 1.04 bits per heavy atom. The molecule has 25 heavy (non-hydrogen) atoms. The molecule has 0 aliphatic rings. The van der Waals surface area contributed by atoms with Crippen molar-refractivity contribution in [2.24, 2.45) is 0 Å². The maximum atomic E-state index is 13.0. The fourth-order valence-corrected chi connectivity index (χ4v) is 2.52. The van der Waals surface area contributed by atoms with Gasteiger partial charge < -0.3 is 9.72 Å². The smallest absolute Gasteiger partial charge is 0.416 e. The zero-order chi connectivity index (χ0) is 18.0. The molecule has 1 N–H and O–H groups in total. The zero-order valence-corrected chi connectivity index (χ0v) is 12.8. The van der Waals surface area contributed by atoms with Crippen molar-refractivity contribution in [1.82, 2.24) is 4.98 Å². The highest BCUT2D eigenvalue weighted by Gasteiger charge is 2.33. The van der Waals surface area contributed by atoms with Gasteiger partial charge in [0.15, 0.2) is 0 Å². The SMILES string of the molecule is O=C(OCc1ccccc1C(F)(F)F)c1cc(=O)[nH]c2ccccc12. The van der Waals surface area contributed by atoms with E-state index in [1.807, 2.05) is 0 Å². The van der Waals surface area contributed by atoms with E-state index < -0.39 is 29.9 Å². The molecule has 0 saturated carbocycles. The summed E-state index contributed by atoms with van der Waals surface area (Å²) in [5, 5.41) is 0.455. The number of esters is 1. The van der Waals surface area contributed by atoms with Gasteiger partial charge in [-0.2, -0.15) is 13.2 Å². The third kappa shape index (κ3) is 3.55. The van der Waals surface area contributed by atoms with E-state index in [2.05, 4.69) is 4.98 Å². The van der Waals surface area contributed by atoms with Crippen LogP contribution < -0.4 is 5.56 Å². The molecule has 0 unspecified atom stereocenters. The highest BCUT2D eigenvalue weighted by atomic mass is 19.4. The lowest BCUT2D eigenvalue weighted by Gasteiger charge is -2.13. The number of halogens is 3. The van der Waals surface area contributed by atoms with E-state index in [-0.39, 0.29) is 11.1 Å². The minimum Gasteiger partial charge on any atom is -0.457 e. The van der Waals surface area contributed by atoms with Gasteiger partial charge in [0.2, 0.25) is 5.56 Å². The van der Waals surface area contributed by atoms with Gasteiger partial charge in [0.05, 0.1) is 11.1 Å². The Kier molecular flexibility index (Phi) is 4.31. The van der Waals surface area contributed by atoms with Crippen LogP contribution >= 0.6 is 0 Å². The van der Waals surface area contributed by atoms with Crippen molar-refractivity contribution in [1.29, 1.82) is 0 Å². The lowest BCUT2D eigenvalue weighted by molar-refractivity contribution is -0.138. The average Bonchev–Trinajstić information content (AvgIpc) is 2.58. The lowest BCUT2D eigenvalue weighted by atomic mass is 10.1. The maximum absolute atomic E-state index is 13.0. The predicted molar refractivity (Wildman–Crippen MR) is 85.1 cm³/mol. The van der Waals surface area contributed by atoms with Gasteiger partial charge >= 0.3 is 12.1 Å². The number of nitrogens with one attached hydrogen (secondary N) is 1. The van der Waals surface area contributed by atoms with Crippen molar-refractivity contribution in [3.05, 3.63) is 81.6 Å². The first-order chi connectivity index (χ1) is 11.9. The van der Waals surface area contributed by atoms with Gasteiger partial charge in [0.1, 0.15) is 6.61 Å². The largest absolute Gasteiger partial charge is 0.457 e. The predicted octanol–water partition coefficient (Wildman–Crippen LogP) is 3.90. The molecule has 3 rings (SSSR count). The number of carbonyl (C=O) groups is 1. The molecule has 1 aromatic heterocycles. The van der Waals surface area contributed by atoms with Gasteiger partial charge in [-0.3, -0.25) is 4.79 Å². The van der Waals surface area contributed by atoms with Crippen LogP contribution in [0.3, 0.4) is 0 Å². The van der Waals surface area contributed by atoms with Gasteiger partial charge in [-0.25, -0.2) is 4.79 Å². The second-order valence-electron chi connectivity index (χ2n) is 5.32. The number of para-hydroxylation sites is 1. The number of hydrogen-bond acceptors (Lipinski definition) is 3. The van der Waals surface area contributed by atoms with E-state index in [1.54, 1.807) is 24.3 Å². The third-order valence-corrected chi connectivity index (χ3v) is 3.65. The normalized spacial score (nSPS) is 11.5. The molecule has 1 heterocycles. The highest BCUT2D eigenvalue weighted by molar-refractivity contribution is 6.03. The number of H-pyrrole nitrogens is 1. The Morgan fingerprint density at radius 3 is 2.48 bits per heavy atom. The molecular formula is C18H12F3NO3. The molecular weight excluding hydrogens is 335 g/mol. The number of aromatic amines is 1. The van der Waals surface area contributed by atoms with Crippen molar-refractivity contribution in [3.8, 4) is 0 Å². The average molecular weight is 347 g/mol. The number of benzene rings is 2. The Labute approximate surface area is 139 Å². The minimum atomic E-state index is -4.54. The van der Waals surface area contributed by atoms with Gasteiger partial charge in [-0.15, -0.1) is 0 Å². The van der Waals surface area contributed by atoms with E-state index in [0.29, 0.717) is 10.9 Å². The van der Waals surface area contributed by atoms with E-state index in [0.717, 1.165) is 12.1 Å². The standard InChI is InChI=1S/C18H12F3NO3/c19-18(20,21)14-7-3-1-5-11(14)10-25-17(24)13-9-16(23)22-15-8-4-2-6-12(13)15/h1-9H,10H2,(H,22,23). The summed E-state index contributed by atoms with van der Waals surface area (Å²) in [5.74, 6) is -0.862. The summed E-state index contributed by atoms with van der Waals surface area (Å²) in [6, 6.07) is 12.5. The number of carbonyl (C=O) groups excluding carboxylic acids is 1. The van der Waals surface area contributed by atoms with Gasteiger partial charge in [-0.05, 0) is 12.1 Å². The summed E-state index contributed by atoms with van der Waals surface area (Å²) in [4.78, 5) is 26.5. The molecule has 7 heteroatoms. The van der Waals surface area contributed by atoms with E-state index in [4.69, 9.17) is 4.74 Å². The number of alkyl halides is 3. The van der Waals surface area contributed by atoms with Crippen molar-refractivity contribution in [2.45, 2.75) is 12.8 Å². The molecule has 0 aliphatic carbocycles. The first-order valence-corrected chi connectivity index (χ1v) is 7.30. The first kappa shape index (κ1) is 16.8. The summed E-state index contributed by atoms with van der Waals surface area (Å²) < 4.78 is 43.9. The molecule has 0 saturated heterocycles. The van der Waals surface area contributed by atoms with Crippen molar-refractivity contribution < 1.29 is 22.7 Å². The first-order valence-electron chi connectivity index (χ1n) is 7.30. The number of rotatable bonds is 3. The molecule has 128 valence electrons. The summed E-state index contributed by atoms with van der Waals surface area (Å²) in [6.45, 7) is -0.546. The van der Waals surface area contributed by atoms with Crippen LogP contribution in [0, 0.1) is 0 Å². The topological polar surface area (TPSA) is 59.2 Å². The second kappa shape index (κ2) is 6.43. The van der Waals surface area contributed by atoms with E-state index >= 15 is 0 Å². The maximum Gasteiger partial charge on any atom is 0.416 e. The molecule has 0 amide bonds. The second-order valence-corrected chi connectivity index (χ2v) is 5.32. The molecule has 0 fully saturated rings. The van der Waals surface area contributed by atoms with Crippen LogP contribution in [-0.2, 0) is 17.5 Å². The number of pyridine rings is 1. The molecule has 0 atom stereocenters. The monoisotopic (exact) mass is 347 g/mol. The molecule has 2 aromatic carbocycles. The van der Waals surface area contributed by atoms with Crippen LogP contribution in [0.2, 0.25) is 0 Å². The van der Waals surface area contributed by atoms with Crippen molar-refractivity contribution in [3.63, 3.8) is 0 Å². The zero-order valence-electron chi connectivity index (χ0n) is 12.8. The fraction of sp³-hybridized carbons (Fsp3) is 0.111. The summed E-state index contributed by atoms with van der Waals surface area (Å²) in [5.41, 5.74) is -1.07. The molecule has 4 nitrogen and oxygen atoms in total. The van der Waals surface area contributed by atoms with Crippen molar-refractivity contribution in [2.75, 3.05) is 0 Å². The van der Waals surface area contributed by atoms with Gasteiger partial charge in [0.25, 0.3) is 0 Å². The fourth-order valence-electron chi connectivity index (χ4n) is 2.52. The Bertz CT molecular complexity index is 993. The Morgan fingerprint density at radius 2 is 1.72 bits per heavy atom. The van der Waals surface area contributed by atoms with Crippen molar-refractivity contribution >= 4 is 16.9 Å². The molecule has 0 aliphatic heterocycles. The molecule has 3 aromatic rings. The Hall–Kier alpha value is -3.09. The van der Waals surface area contributed by atoms with Crippen LogP contribution in [0.1, 0.15) is 21.5 Å². The lowest BCUT2D eigenvalue weighted by Crippen LogP contribution is -2.14. The van der Waals surface area contributed by atoms with Crippen LogP contribution in [0.15, 0.2) is 59.4 Å². The quantitative estimate of drug-likeness (QED) is 0.731. The number of hydrogen-bond donors (Lipinski definition) is 1. The number of ether oxygens (including phenoxy) is 1. The summed E-state index contributed by atoms with van der Waals surface area (Å²) in [7, 11) is 0. The van der Waals surface area contributed by atoms with Gasteiger partial charge in [-0.1, -0.05) is 36.4 Å². The highest BCUT2D eigenvalue weighted by Crippen LogP contribution is 2.32. The van der Waals surface area contributed by atoms with E-state index in [1.165, 1.54) is 18.2 Å².